The van der Waals surface area contributed by atoms with Crippen molar-refractivity contribution in [2.24, 2.45) is 5.73 Å². The van der Waals surface area contributed by atoms with Crippen LogP contribution in [-0.4, -0.2) is 23.0 Å². The first-order valence-corrected chi connectivity index (χ1v) is 5.57. The molecule has 0 saturated carbocycles. The Morgan fingerprint density at radius 3 is 2.75 bits per heavy atom. The minimum atomic E-state index is -0.211. The van der Waals surface area contributed by atoms with E-state index in [0.29, 0.717) is 11.5 Å². The highest BCUT2D eigenvalue weighted by molar-refractivity contribution is 7.80. The Balaban J connectivity index is 2.80. The van der Waals surface area contributed by atoms with E-state index >= 15 is 0 Å². The number of halogens is 1. The van der Waals surface area contributed by atoms with Gasteiger partial charge in [0.2, 0.25) is 0 Å². The third-order valence-corrected chi connectivity index (χ3v) is 3.14. The van der Waals surface area contributed by atoms with Crippen molar-refractivity contribution in [3.05, 3.63) is 35.1 Å². The average molecular weight is 240 g/mol. The van der Waals surface area contributed by atoms with Gasteiger partial charge in [-0.05, 0) is 44.2 Å². The summed E-state index contributed by atoms with van der Waals surface area (Å²) < 4.78 is 13.1. The van der Waals surface area contributed by atoms with Gasteiger partial charge in [0.1, 0.15) is 5.82 Å². The SMILES string of the molecule is Cc1ccc(F)cc1CN(C)C(C)C(N)=S. The van der Waals surface area contributed by atoms with Gasteiger partial charge >= 0.3 is 0 Å². The molecule has 16 heavy (non-hydrogen) atoms. The van der Waals surface area contributed by atoms with Crippen LogP contribution >= 0.6 is 12.2 Å². The first kappa shape index (κ1) is 13.1. The third kappa shape index (κ3) is 3.25. The normalized spacial score (nSPS) is 12.8. The quantitative estimate of drug-likeness (QED) is 0.818. The summed E-state index contributed by atoms with van der Waals surface area (Å²) in [5, 5.41) is 0. The molecule has 0 amide bonds. The molecule has 1 aromatic carbocycles. The predicted octanol–water partition coefficient (Wildman–Crippen LogP) is 2.24. The number of hydrogen-bond donors (Lipinski definition) is 1. The summed E-state index contributed by atoms with van der Waals surface area (Å²) in [4.78, 5) is 2.46. The molecule has 0 heterocycles. The molecule has 2 nitrogen and oxygen atoms in total. The zero-order chi connectivity index (χ0) is 12.3. The van der Waals surface area contributed by atoms with Crippen molar-refractivity contribution in [2.75, 3.05) is 7.05 Å². The molecule has 1 rings (SSSR count). The second-order valence-corrected chi connectivity index (χ2v) is 4.54. The molecule has 88 valence electrons. The molecular formula is C12H17FN2S. The van der Waals surface area contributed by atoms with Crippen molar-refractivity contribution in [1.29, 1.82) is 0 Å². The molecule has 0 bridgehead atoms. The molecule has 1 atom stereocenters. The van der Waals surface area contributed by atoms with Crippen LogP contribution in [0.4, 0.5) is 4.39 Å². The van der Waals surface area contributed by atoms with E-state index in [-0.39, 0.29) is 11.9 Å². The molecule has 0 aliphatic carbocycles. The minimum absolute atomic E-state index is 0.0117. The van der Waals surface area contributed by atoms with Crippen molar-refractivity contribution in [3.63, 3.8) is 0 Å². The molecule has 1 unspecified atom stereocenters. The second kappa shape index (κ2) is 5.37. The highest BCUT2D eigenvalue weighted by atomic mass is 32.1. The van der Waals surface area contributed by atoms with Crippen LogP contribution in [0.1, 0.15) is 18.1 Å². The maximum Gasteiger partial charge on any atom is 0.123 e. The lowest BCUT2D eigenvalue weighted by Crippen LogP contribution is -2.38. The van der Waals surface area contributed by atoms with Crippen LogP contribution in [0.3, 0.4) is 0 Å². The molecule has 0 saturated heterocycles. The van der Waals surface area contributed by atoms with Crippen molar-refractivity contribution >= 4 is 17.2 Å². The number of likely N-dealkylation sites (N-methyl/N-ethyl adjacent to an activating group) is 1. The molecular weight excluding hydrogens is 223 g/mol. The number of nitrogens with zero attached hydrogens (tertiary/aromatic N) is 1. The van der Waals surface area contributed by atoms with E-state index in [0.717, 1.165) is 11.1 Å². The average Bonchev–Trinajstić information content (AvgIpc) is 2.22. The Bertz CT molecular complexity index is 393. The van der Waals surface area contributed by atoms with Gasteiger partial charge in [-0.3, -0.25) is 4.90 Å². The molecule has 1 aromatic rings. The highest BCUT2D eigenvalue weighted by Gasteiger charge is 2.13. The van der Waals surface area contributed by atoms with Gasteiger partial charge in [0.15, 0.2) is 0 Å². The molecule has 4 heteroatoms. The van der Waals surface area contributed by atoms with Crippen molar-refractivity contribution in [1.82, 2.24) is 4.90 Å². The zero-order valence-corrected chi connectivity index (χ0v) is 10.6. The fourth-order valence-corrected chi connectivity index (χ4v) is 1.61. The van der Waals surface area contributed by atoms with Crippen LogP contribution in [0.5, 0.6) is 0 Å². The van der Waals surface area contributed by atoms with Crippen LogP contribution in [0.25, 0.3) is 0 Å². The lowest BCUT2D eigenvalue weighted by Gasteiger charge is -2.24. The number of aryl methyl sites for hydroxylation is 1. The Morgan fingerprint density at radius 2 is 2.19 bits per heavy atom. The lowest BCUT2D eigenvalue weighted by molar-refractivity contribution is 0.303. The van der Waals surface area contributed by atoms with Gasteiger partial charge in [0.05, 0.1) is 11.0 Å². The monoisotopic (exact) mass is 240 g/mol. The predicted molar refractivity (Wildman–Crippen MR) is 68.9 cm³/mol. The summed E-state index contributed by atoms with van der Waals surface area (Å²) in [6, 6.07) is 4.82. The zero-order valence-electron chi connectivity index (χ0n) is 9.83. The van der Waals surface area contributed by atoms with Gasteiger partial charge in [-0.25, -0.2) is 4.39 Å². The van der Waals surface area contributed by atoms with E-state index in [4.69, 9.17) is 18.0 Å². The Hall–Kier alpha value is -1.00. The smallest absolute Gasteiger partial charge is 0.123 e. The first-order valence-electron chi connectivity index (χ1n) is 5.16. The summed E-state index contributed by atoms with van der Waals surface area (Å²) >= 11 is 4.93. The lowest BCUT2D eigenvalue weighted by atomic mass is 10.1. The van der Waals surface area contributed by atoms with Gasteiger partial charge in [0, 0.05) is 6.54 Å². The molecule has 2 N–H and O–H groups in total. The van der Waals surface area contributed by atoms with Gasteiger partial charge < -0.3 is 5.73 Å². The number of benzene rings is 1. The van der Waals surface area contributed by atoms with Gasteiger partial charge in [0.25, 0.3) is 0 Å². The van der Waals surface area contributed by atoms with Crippen LogP contribution in [-0.2, 0) is 6.54 Å². The first-order chi connectivity index (χ1) is 7.41. The van der Waals surface area contributed by atoms with Gasteiger partial charge in [-0.2, -0.15) is 0 Å². The fourth-order valence-electron chi connectivity index (χ4n) is 1.43. The summed E-state index contributed by atoms with van der Waals surface area (Å²) in [5.41, 5.74) is 7.61. The maximum atomic E-state index is 13.1. The molecule has 0 spiro atoms. The standard InChI is InChI=1S/C12H17FN2S/c1-8-4-5-11(13)6-10(8)7-15(3)9(2)12(14)16/h4-6,9H,7H2,1-3H3,(H2,14,16). The summed E-state index contributed by atoms with van der Waals surface area (Å²) in [6.07, 6.45) is 0. The van der Waals surface area contributed by atoms with Crippen LogP contribution in [0.2, 0.25) is 0 Å². The summed E-state index contributed by atoms with van der Waals surface area (Å²) in [6.45, 7) is 4.55. The van der Waals surface area contributed by atoms with Crippen molar-refractivity contribution in [3.8, 4) is 0 Å². The molecule has 0 aliphatic rings. The van der Waals surface area contributed by atoms with E-state index in [1.807, 2.05) is 25.8 Å². The number of nitrogens with two attached hydrogens (primary N) is 1. The Morgan fingerprint density at radius 1 is 1.56 bits per heavy atom. The number of thiocarbonyl (C=S) groups is 1. The van der Waals surface area contributed by atoms with Gasteiger partial charge in [-0.15, -0.1) is 0 Å². The van der Waals surface area contributed by atoms with Crippen LogP contribution < -0.4 is 5.73 Å². The molecule has 0 aliphatic heterocycles. The van der Waals surface area contributed by atoms with Gasteiger partial charge in [-0.1, -0.05) is 18.3 Å². The molecule has 0 aromatic heterocycles. The summed E-state index contributed by atoms with van der Waals surface area (Å²) in [7, 11) is 1.92. The van der Waals surface area contributed by atoms with Crippen LogP contribution in [0, 0.1) is 12.7 Å². The minimum Gasteiger partial charge on any atom is -0.392 e. The summed E-state index contributed by atoms with van der Waals surface area (Å²) in [5.74, 6) is -0.211. The number of hydrogen-bond acceptors (Lipinski definition) is 2. The van der Waals surface area contributed by atoms with E-state index in [1.54, 1.807) is 12.1 Å². The van der Waals surface area contributed by atoms with E-state index < -0.39 is 0 Å². The topological polar surface area (TPSA) is 29.3 Å². The van der Waals surface area contributed by atoms with Crippen molar-refractivity contribution < 1.29 is 4.39 Å². The van der Waals surface area contributed by atoms with Crippen molar-refractivity contribution in [2.45, 2.75) is 26.4 Å². The Kier molecular flexibility index (Phi) is 4.38. The second-order valence-electron chi connectivity index (χ2n) is 4.06. The maximum absolute atomic E-state index is 13.1. The number of rotatable bonds is 4. The van der Waals surface area contributed by atoms with E-state index in [1.165, 1.54) is 6.07 Å². The highest BCUT2D eigenvalue weighted by Crippen LogP contribution is 2.13. The molecule has 0 radical (unpaired) electrons. The third-order valence-electron chi connectivity index (χ3n) is 2.80. The van der Waals surface area contributed by atoms with Crippen LogP contribution in [0.15, 0.2) is 18.2 Å². The molecule has 0 fully saturated rings. The largest absolute Gasteiger partial charge is 0.392 e. The van der Waals surface area contributed by atoms with E-state index in [9.17, 15) is 4.39 Å². The Labute approximate surface area is 101 Å². The van der Waals surface area contributed by atoms with E-state index in [2.05, 4.69) is 0 Å². The fraction of sp³-hybridized carbons (Fsp3) is 0.417.